The van der Waals surface area contributed by atoms with Crippen molar-refractivity contribution in [2.24, 2.45) is 0 Å². The number of nitrogens with one attached hydrogen (secondary N) is 1. The molecule has 25 heavy (non-hydrogen) atoms. The van der Waals surface area contributed by atoms with Crippen LogP contribution in [0.2, 0.25) is 0 Å². The molecule has 2 aliphatic rings. The SMILES string of the molecule is O=C(NC1CC1)C1CCCN1C(=O)CSc1ccc2ccccc2c1. The van der Waals surface area contributed by atoms with E-state index in [-0.39, 0.29) is 17.9 Å². The van der Waals surface area contributed by atoms with Crippen molar-refractivity contribution in [3.05, 3.63) is 42.5 Å². The molecule has 2 aromatic rings. The van der Waals surface area contributed by atoms with Gasteiger partial charge in [-0.3, -0.25) is 9.59 Å². The summed E-state index contributed by atoms with van der Waals surface area (Å²) in [5, 5.41) is 5.42. The second-order valence-corrected chi connectivity index (χ2v) is 7.87. The first kappa shape index (κ1) is 16.5. The Morgan fingerprint density at radius 1 is 1.08 bits per heavy atom. The van der Waals surface area contributed by atoms with Crippen LogP contribution in [0.5, 0.6) is 0 Å². The summed E-state index contributed by atoms with van der Waals surface area (Å²) in [6.07, 6.45) is 3.84. The first-order valence-electron chi connectivity index (χ1n) is 8.92. The molecule has 1 saturated carbocycles. The summed E-state index contributed by atoms with van der Waals surface area (Å²) in [7, 11) is 0. The predicted octanol–water partition coefficient (Wildman–Crippen LogP) is 3.20. The molecule has 1 unspecified atom stereocenters. The number of carbonyl (C=O) groups excluding carboxylic acids is 2. The van der Waals surface area contributed by atoms with Gasteiger partial charge < -0.3 is 10.2 Å². The first-order chi connectivity index (χ1) is 12.2. The zero-order valence-corrected chi connectivity index (χ0v) is 14.9. The number of thioether (sulfide) groups is 1. The van der Waals surface area contributed by atoms with Crippen LogP contribution >= 0.6 is 11.8 Å². The molecule has 1 aliphatic carbocycles. The molecule has 130 valence electrons. The van der Waals surface area contributed by atoms with Gasteiger partial charge in [0.15, 0.2) is 0 Å². The van der Waals surface area contributed by atoms with Gasteiger partial charge in [-0.05, 0) is 48.6 Å². The molecule has 1 heterocycles. The first-order valence-corrected chi connectivity index (χ1v) is 9.91. The molecule has 2 amide bonds. The smallest absolute Gasteiger partial charge is 0.243 e. The van der Waals surface area contributed by atoms with E-state index in [1.165, 1.54) is 10.8 Å². The van der Waals surface area contributed by atoms with Gasteiger partial charge in [-0.1, -0.05) is 30.3 Å². The fraction of sp³-hybridized carbons (Fsp3) is 0.400. The largest absolute Gasteiger partial charge is 0.352 e. The molecule has 1 saturated heterocycles. The molecule has 2 fully saturated rings. The van der Waals surface area contributed by atoms with Crippen molar-refractivity contribution in [1.82, 2.24) is 10.2 Å². The highest BCUT2D eigenvalue weighted by molar-refractivity contribution is 8.00. The average molecular weight is 354 g/mol. The van der Waals surface area contributed by atoms with E-state index in [1.54, 1.807) is 16.7 Å². The molecule has 0 bridgehead atoms. The Kier molecular flexibility index (Phi) is 4.66. The Hall–Kier alpha value is -2.01. The molecule has 4 nitrogen and oxygen atoms in total. The number of amides is 2. The van der Waals surface area contributed by atoms with E-state index in [4.69, 9.17) is 0 Å². The number of fused-ring (bicyclic) bond motifs is 1. The Morgan fingerprint density at radius 2 is 1.88 bits per heavy atom. The molecule has 2 aromatic carbocycles. The Labute approximate surface area is 152 Å². The fourth-order valence-electron chi connectivity index (χ4n) is 3.35. The van der Waals surface area contributed by atoms with E-state index in [2.05, 4.69) is 35.6 Å². The van der Waals surface area contributed by atoms with E-state index < -0.39 is 0 Å². The minimum Gasteiger partial charge on any atom is -0.352 e. The quantitative estimate of drug-likeness (QED) is 0.839. The second-order valence-electron chi connectivity index (χ2n) is 6.83. The van der Waals surface area contributed by atoms with E-state index >= 15 is 0 Å². The van der Waals surface area contributed by atoms with Gasteiger partial charge in [0.05, 0.1) is 5.75 Å². The highest BCUT2D eigenvalue weighted by Gasteiger charge is 2.36. The Balaban J connectivity index is 1.37. The van der Waals surface area contributed by atoms with E-state index in [9.17, 15) is 9.59 Å². The molecule has 0 aromatic heterocycles. The third-order valence-corrected chi connectivity index (χ3v) is 5.86. The van der Waals surface area contributed by atoms with Crippen LogP contribution in [0.4, 0.5) is 0 Å². The standard InChI is InChI=1S/C20H22N2O2S/c23-19(22-11-3-6-18(22)20(24)21-16-8-9-16)13-25-17-10-7-14-4-1-2-5-15(14)12-17/h1-2,4-5,7,10,12,16,18H,3,6,8-9,11,13H2,(H,21,24). The summed E-state index contributed by atoms with van der Waals surface area (Å²) < 4.78 is 0. The number of carbonyl (C=O) groups is 2. The summed E-state index contributed by atoms with van der Waals surface area (Å²) in [6, 6.07) is 14.6. The van der Waals surface area contributed by atoms with Crippen LogP contribution in [0.1, 0.15) is 25.7 Å². The van der Waals surface area contributed by atoms with Crippen molar-refractivity contribution in [2.75, 3.05) is 12.3 Å². The lowest BCUT2D eigenvalue weighted by Gasteiger charge is -2.24. The lowest BCUT2D eigenvalue weighted by atomic mass is 10.1. The summed E-state index contributed by atoms with van der Waals surface area (Å²) in [6.45, 7) is 0.694. The van der Waals surface area contributed by atoms with Crippen molar-refractivity contribution >= 4 is 34.3 Å². The van der Waals surface area contributed by atoms with Crippen LogP contribution in [0.15, 0.2) is 47.4 Å². The summed E-state index contributed by atoms with van der Waals surface area (Å²) in [5.74, 6) is 0.474. The third-order valence-electron chi connectivity index (χ3n) is 4.88. The molecule has 1 atom stereocenters. The summed E-state index contributed by atoms with van der Waals surface area (Å²) in [4.78, 5) is 27.8. The van der Waals surface area contributed by atoms with E-state index in [0.29, 0.717) is 18.3 Å². The third kappa shape index (κ3) is 3.82. The molecular formula is C20H22N2O2S. The van der Waals surface area contributed by atoms with Crippen LogP contribution in [-0.4, -0.2) is 41.1 Å². The fourth-order valence-corrected chi connectivity index (χ4v) is 4.18. The number of likely N-dealkylation sites (tertiary alicyclic amines) is 1. The minimum absolute atomic E-state index is 0.0315. The highest BCUT2D eigenvalue weighted by Crippen LogP contribution is 2.26. The van der Waals surface area contributed by atoms with Gasteiger partial charge >= 0.3 is 0 Å². The monoisotopic (exact) mass is 354 g/mol. The zero-order chi connectivity index (χ0) is 17.2. The van der Waals surface area contributed by atoms with Crippen LogP contribution < -0.4 is 5.32 Å². The topological polar surface area (TPSA) is 49.4 Å². The summed E-state index contributed by atoms with van der Waals surface area (Å²) in [5.41, 5.74) is 0. The van der Waals surface area contributed by atoms with Gasteiger partial charge in [0.25, 0.3) is 0 Å². The molecule has 0 spiro atoms. The van der Waals surface area contributed by atoms with Gasteiger partial charge in [-0.15, -0.1) is 11.8 Å². The van der Waals surface area contributed by atoms with Gasteiger partial charge in [0.1, 0.15) is 6.04 Å². The molecule has 4 rings (SSSR count). The minimum atomic E-state index is -0.273. The second kappa shape index (κ2) is 7.08. The average Bonchev–Trinajstić information content (AvgIpc) is 3.30. The highest BCUT2D eigenvalue weighted by atomic mass is 32.2. The van der Waals surface area contributed by atoms with Crippen molar-refractivity contribution in [2.45, 2.75) is 42.7 Å². The zero-order valence-electron chi connectivity index (χ0n) is 14.1. The number of nitrogens with zero attached hydrogens (tertiary/aromatic N) is 1. The van der Waals surface area contributed by atoms with E-state index in [0.717, 1.165) is 30.6 Å². The van der Waals surface area contributed by atoms with Gasteiger partial charge in [0, 0.05) is 17.5 Å². The maximum Gasteiger partial charge on any atom is 0.243 e. The predicted molar refractivity (Wildman–Crippen MR) is 101 cm³/mol. The molecule has 1 N–H and O–H groups in total. The van der Waals surface area contributed by atoms with E-state index in [1.807, 2.05) is 12.1 Å². The van der Waals surface area contributed by atoms with Crippen LogP contribution in [0.3, 0.4) is 0 Å². The van der Waals surface area contributed by atoms with Crippen LogP contribution in [0, 0.1) is 0 Å². The molecule has 5 heteroatoms. The van der Waals surface area contributed by atoms with Crippen molar-refractivity contribution in [3.8, 4) is 0 Å². The molecular weight excluding hydrogens is 332 g/mol. The Bertz CT molecular complexity index is 803. The lowest BCUT2D eigenvalue weighted by molar-refractivity contribution is -0.136. The van der Waals surface area contributed by atoms with Crippen molar-refractivity contribution in [1.29, 1.82) is 0 Å². The van der Waals surface area contributed by atoms with Crippen LogP contribution in [0.25, 0.3) is 10.8 Å². The summed E-state index contributed by atoms with van der Waals surface area (Å²) >= 11 is 1.55. The normalized spacial score (nSPS) is 20.0. The van der Waals surface area contributed by atoms with Gasteiger partial charge in [-0.25, -0.2) is 0 Å². The molecule has 1 aliphatic heterocycles. The van der Waals surface area contributed by atoms with Crippen molar-refractivity contribution in [3.63, 3.8) is 0 Å². The maximum atomic E-state index is 12.6. The molecule has 0 radical (unpaired) electrons. The van der Waals surface area contributed by atoms with Crippen LogP contribution in [-0.2, 0) is 9.59 Å². The van der Waals surface area contributed by atoms with Crippen molar-refractivity contribution < 1.29 is 9.59 Å². The number of hydrogen-bond donors (Lipinski definition) is 1. The lowest BCUT2D eigenvalue weighted by Crippen LogP contribution is -2.47. The number of rotatable bonds is 5. The van der Waals surface area contributed by atoms with Gasteiger partial charge in [0.2, 0.25) is 11.8 Å². The Morgan fingerprint density at radius 3 is 2.68 bits per heavy atom. The van der Waals surface area contributed by atoms with Gasteiger partial charge in [-0.2, -0.15) is 0 Å². The maximum absolute atomic E-state index is 12.6. The number of benzene rings is 2. The number of hydrogen-bond acceptors (Lipinski definition) is 3.